The lowest BCUT2D eigenvalue weighted by atomic mass is 10.2. The predicted octanol–water partition coefficient (Wildman–Crippen LogP) is 3.35. The number of hydrogen-bond acceptors (Lipinski definition) is 4. The molecule has 0 saturated carbocycles. The summed E-state index contributed by atoms with van der Waals surface area (Å²) in [7, 11) is 5.03. The lowest BCUT2D eigenvalue weighted by Gasteiger charge is -2.14. The van der Waals surface area contributed by atoms with Crippen molar-refractivity contribution in [3.8, 4) is 11.5 Å². The van der Waals surface area contributed by atoms with Crippen LogP contribution in [0.5, 0.6) is 11.5 Å². The van der Waals surface area contributed by atoms with E-state index in [0.717, 1.165) is 47.2 Å². The van der Waals surface area contributed by atoms with E-state index in [1.54, 1.807) is 21.3 Å². The van der Waals surface area contributed by atoms with Crippen LogP contribution in [0.25, 0.3) is 11.0 Å². The van der Waals surface area contributed by atoms with Crippen LogP contribution in [-0.2, 0) is 13.1 Å². The average molecular weight is 509 g/mol. The maximum Gasteiger partial charge on any atom is 0.191 e. The first-order chi connectivity index (χ1) is 13.7. The average Bonchev–Trinajstić information content (AvgIpc) is 3.05. The van der Waals surface area contributed by atoms with E-state index in [2.05, 4.69) is 31.2 Å². The van der Waals surface area contributed by atoms with E-state index >= 15 is 0 Å². The number of methoxy groups -OCH3 is 2. The molecule has 0 aliphatic heterocycles. The minimum absolute atomic E-state index is 0. The summed E-state index contributed by atoms with van der Waals surface area (Å²) in [5.41, 5.74) is 3.25. The van der Waals surface area contributed by atoms with Crippen LogP contribution < -0.4 is 20.1 Å². The van der Waals surface area contributed by atoms with Gasteiger partial charge in [0.1, 0.15) is 5.82 Å². The largest absolute Gasteiger partial charge is 0.493 e. The number of fused-ring (bicyclic) bond motifs is 1. The molecule has 0 unspecified atom stereocenters. The summed E-state index contributed by atoms with van der Waals surface area (Å²) in [6, 6.07) is 14.0. The van der Waals surface area contributed by atoms with Crippen molar-refractivity contribution in [2.45, 2.75) is 20.0 Å². The fraction of sp³-hybridized carbons (Fsp3) is 0.333. The zero-order valence-electron chi connectivity index (χ0n) is 17.2. The molecule has 1 aromatic heterocycles. The highest BCUT2D eigenvalue weighted by Gasteiger charge is 2.07. The molecule has 0 amide bonds. The number of guanidine groups is 1. The van der Waals surface area contributed by atoms with Gasteiger partial charge in [-0.2, -0.15) is 0 Å². The number of aryl methyl sites for hydroxylation is 1. The van der Waals surface area contributed by atoms with Crippen molar-refractivity contribution < 1.29 is 9.47 Å². The summed E-state index contributed by atoms with van der Waals surface area (Å²) in [5.74, 6) is 3.19. The van der Waals surface area contributed by atoms with Crippen molar-refractivity contribution in [1.29, 1.82) is 0 Å². The highest BCUT2D eigenvalue weighted by atomic mass is 127. The number of halogens is 1. The van der Waals surface area contributed by atoms with E-state index in [9.17, 15) is 0 Å². The van der Waals surface area contributed by atoms with Crippen molar-refractivity contribution in [1.82, 2.24) is 20.2 Å². The van der Waals surface area contributed by atoms with Gasteiger partial charge in [0.2, 0.25) is 0 Å². The van der Waals surface area contributed by atoms with E-state index in [-0.39, 0.29) is 24.0 Å². The zero-order chi connectivity index (χ0) is 19.9. The lowest BCUT2D eigenvalue weighted by Crippen LogP contribution is -2.38. The van der Waals surface area contributed by atoms with Crippen molar-refractivity contribution in [2.75, 3.05) is 27.8 Å². The van der Waals surface area contributed by atoms with Gasteiger partial charge in [0.15, 0.2) is 17.5 Å². The molecule has 8 heteroatoms. The normalized spacial score (nSPS) is 11.1. The molecule has 2 N–H and O–H groups in total. The molecular formula is C21H28IN5O2. The number of hydrogen-bond donors (Lipinski definition) is 2. The molecule has 0 saturated heterocycles. The maximum atomic E-state index is 5.36. The molecule has 156 valence electrons. The maximum absolute atomic E-state index is 5.36. The molecule has 29 heavy (non-hydrogen) atoms. The molecule has 1 heterocycles. The molecule has 0 bridgehead atoms. The predicted molar refractivity (Wildman–Crippen MR) is 128 cm³/mol. The lowest BCUT2D eigenvalue weighted by molar-refractivity contribution is 0.354. The number of nitrogens with zero attached hydrogens (tertiary/aromatic N) is 3. The zero-order valence-corrected chi connectivity index (χ0v) is 19.6. The molecule has 0 spiro atoms. The molecule has 3 aromatic rings. The standard InChI is InChI=1S/C21H27N5O2.HI/c1-15-25-17-7-5-6-8-18(17)26(15)12-11-23-21(22-2)24-14-16-9-10-19(27-3)20(13-16)28-4;/h5-10,13H,11-12,14H2,1-4H3,(H2,22,23,24);1H. The third-order valence-corrected chi connectivity index (χ3v) is 4.60. The fourth-order valence-corrected chi connectivity index (χ4v) is 3.16. The van der Waals surface area contributed by atoms with Crippen molar-refractivity contribution in [3.05, 3.63) is 53.9 Å². The van der Waals surface area contributed by atoms with Crippen LogP contribution in [0.2, 0.25) is 0 Å². The first-order valence-electron chi connectivity index (χ1n) is 9.23. The number of aliphatic imine (C=N–C) groups is 1. The molecule has 0 aliphatic carbocycles. The third-order valence-electron chi connectivity index (χ3n) is 4.60. The van der Waals surface area contributed by atoms with Gasteiger partial charge in [-0.3, -0.25) is 4.99 Å². The Morgan fingerprint density at radius 1 is 1.07 bits per heavy atom. The molecule has 0 atom stereocenters. The first kappa shape index (κ1) is 22.8. The van der Waals surface area contributed by atoms with E-state index in [4.69, 9.17) is 9.47 Å². The van der Waals surface area contributed by atoms with Gasteiger partial charge in [-0.05, 0) is 36.8 Å². The summed E-state index contributed by atoms with van der Waals surface area (Å²) < 4.78 is 12.8. The molecule has 3 rings (SSSR count). The molecule has 0 fully saturated rings. The number of ether oxygens (including phenoxy) is 2. The van der Waals surface area contributed by atoms with Gasteiger partial charge in [-0.1, -0.05) is 18.2 Å². The van der Waals surface area contributed by atoms with Crippen molar-refractivity contribution in [3.63, 3.8) is 0 Å². The Labute approximate surface area is 188 Å². The molecule has 0 aliphatic rings. The number of imidazole rings is 1. The van der Waals surface area contributed by atoms with Crippen LogP contribution in [0.3, 0.4) is 0 Å². The summed E-state index contributed by atoms with van der Waals surface area (Å²) in [6.45, 7) is 4.22. The van der Waals surface area contributed by atoms with Gasteiger partial charge >= 0.3 is 0 Å². The van der Waals surface area contributed by atoms with E-state index in [1.807, 2.05) is 43.3 Å². The van der Waals surface area contributed by atoms with Gasteiger partial charge < -0.3 is 24.7 Å². The smallest absolute Gasteiger partial charge is 0.191 e. The van der Waals surface area contributed by atoms with Gasteiger partial charge in [-0.25, -0.2) is 4.98 Å². The van der Waals surface area contributed by atoms with Crippen molar-refractivity contribution in [2.24, 2.45) is 4.99 Å². The Kier molecular flexibility index (Phi) is 8.56. The highest BCUT2D eigenvalue weighted by Crippen LogP contribution is 2.27. The Morgan fingerprint density at radius 3 is 2.55 bits per heavy atom. The molecular weight excluding hydrogens is 481 g/mol. The molecule has 2 aromatic carbocycles. The third kappa shape index (κ3) is 5.53. The Bertz CT molecular complexity index is 971. The second-order valence-electron chi connectivity index (χ2n) is 6.34. The van der Waals surface area contributed by atoms with Crippen LogP contribution in [0, 0.1) is 6.92 Å². The fourth-order valence-electron chi connectivity index (χ4n) is 3.16. The van der Waals surface area contributed by atoms with Crippen LogP contribution in [0.4, 0.5) is 0 Å². The SMILES string of the molecule is CN=C(NCCn1c(C)nc2ccccc21)NCc1ccc(OC)c(OC)c1.I. The Hall–Kier alpha value is -2.49. The quantitative estimate of drug-likeness (QED) is 0.291. The van der Waals surface area contributed by atoms with Crippen LogP contribution in [-0.4, -0.2) is 43.3 Å². The van der Waals surface area contributed by atoms with Gasteiger partial charge in [0.05, 0.1) is 25.3 Å². The van der Waals surface area contributed by atoms with E-state index < -0.39 is 0 Å². The van der Waals surface area contributed by atoms with E-state index in [0.29, 0.717) is 12.3 Å². The number of benzene rings is 2. The monoisotopic (exact) mass is 509 g/mol. The highest BCUT2D eigenvalue weighted by molar-refractivity contribution is 14.0. The van der Waals surface area contributed by atoms with Crippen LogP contribution >= 0.6 is 24.0 Å². The van der Waals surface area contributed by atoms with Crippen LogP contribution in [0.15, 0.2) is 47.5 Å². The minimum Gasteiger partial charge on any atom is -0.493 e. The van der Waals surface area contributed by atoms with Gasteiger partial charge in [0, 0.05) is 26.7 Å². The first-order valence-corrected chi connectivity index (χ1v) is 9.23. The molecule has 0 radical (unpaired) electrons. The summed E-state index contributed by atoms with van der Waals surface area (Å²) in [6.07, 6.45) is 0. The topological polar surface area (TPSA) is 72.7 Å². The van der Waals surface area contributed by atoms with Crippen LogP contribution in [0.1, 0.15) is 11.4 Å². The number of rotatable bonds is 7. The molecule has 7 nitrogen and oxygen atoms in total. The minimum atomic E-state index is 0. The van der Waals surface area contributed by atoms with Crippen molar-refractivity contribution >= 4 is 41.0 Å². The summed E-state index contributed by atoms with van der Waals surface area (Å²) in [4.78, 5) is 8.90. The van der Waals surface area contributed by atoms with Gasteiger partial charge in [-0.15, -0.1) is 24.0 Å². The second kappa shape index (κ2) is 10.9. The van der Waals surface area contributed by atoms with E-state index in [1.165, 1.54) is 0 Å². The number of aromatic nitrogens is 2. The Balaban J connectivity index is 0.00000300. The Morgan fingerprint density at radius 2 is 1.83 bits per heavy atom. The summed E-state index contributed by atoms with van der Waals surface area (Å²) >= 11 is 0. The number of para-hydroxylation sites is 2. The second-order valence-corrected chi connectivity index (χ2v) is 6.34. The summed E-state index contributed by atoms with van der Waals surface area (Å²) in [5, 5.41) is 6.68. The van der Waals surface area contributed by atoms with Gasteiger partial charge in [0.25, 0.3) is 0 Å². The number of nitrogens with one attached hydrogen (secondary N) is 2.